The van der Waals surface area contributed by atoms with Crippen molar-refractivity contribution in [2.75, 3.05) is 13.2 Å². The maximum absolute atomic E-state index is 13.3. The van der Waals surface area contributed by atoms with Gasteiger partial charge in [0.2, 0.25) is 10.0 Å². The summed E-state index contributed by atoms with van der Waals surface area (Å²) in [6.07, 6.45) is -4.05. The van der Waals surface area contributed by atoms with Gasteiger partial charge in [-0.2, -0.15) is 17.5 Å². The molecule has 1 N–H and O–H groups in total. The van der Waals surface area contributed by atoms with Crippen LogP contribution in [0.15, 0.2) is 77.7 Å². The third-order valence-electron chi connectivity index (χ3n) is 5.37. The number of carboxylic acid groups (broad SMARTS) is 1. The Balaban J connectivity index is 1.49. The number of benzene rings is 3. The number of hydrogen-bond acceptors (Lipinski definition) is 5. The van der Waals surface area contributed by atoms with E-state index in [1.165, 1.54) is 48.5 Å². The first-order chi connectivity index (χ1) is 16.5. The number of carbonyl (C=O) groups is 1. The Bertz CT molecular complexity index is 1310. The molecule has 11 heteroatoms. The Labute approximate surface area is 199 Å². The minimum Gasteiger partial charge on any atom is -0.484 e. The number of hydrogen-bond donors (Lipinski definition) is 1. The predicted molar refractivity (Wildman–Crippen MR) is 119 cm³/mol. The Morgan fingerprint density at radius 1 is 0.943 bits per heavy atom. The normalized spacial score (nSPS) is 16.4. The predicted octanol–water partition coefficient (Wildman–Crippen LogP) is 4.79. The minimum absolute atomic E-state index is 0.0206. The zero-order valence-electron chi connectivity index (χ0n) is 18.1. The largest absolute Gasteiger partial charge is 0.484 e. The van der Waals surface area contributed by atoms with Gasteiger partial charge >= 0.3 is 12.1 Å². The van der Waals surface area contributed by atoms with Crippen LogP contribution < -0.4 is 9.47 Å². The van der Waals surface area contributed by atoms with E-state index in [-0.39, 0.29) is 22.9 Å². The van der Waals surface area contributed by atoms with Gasteiger partial charge in [0.1, 0.15) is 23.3 Å². The highest BCUT2D eigenvalue weighted by Gasteiger charge is 2.40. The number of halogens is 3. The summed E-state index contributed by atoms with van der Waals surface area (Å²) in [6, 6.07) is 16.4. The number of nitrogens with zero attached hydrogens (tertiary/aromatic N) is 1. The van der Waals surface area contributed by atoms with Crippen molar-refractivity contribution in [3.63, 3.8) is 0 Å². The molecule has 1 aliphatic rings. The lowest BCUT2D eigenvalue weighted by molar-refractivity contribution is -0.153. The molecule has 0 aliphatic carbocycles. The standard InChI is InChI=1S/C24H20F3NO6S/c25-24(26,27)15-33-17-5-7-18(8-6-17)34-19-9-11-20(12-10-19)35(31,32)28-14-13-16-3-1-2-4-21(16)22(28)23(29)30/h1-12,22H,13-15H2,(H,29,30)/t22-/m1/s1. The summed E-state index contributed by atoms with van der Waals surface area (Å²) in [4.78, 5) is 11.9. The first-order valence-corrected chi connectivity index (χ1v) is 11.9. The number of carboxylic acids is 1. The minimum atomic E-state index is -4.45. The Kier molecular flexibility index (Phi) is 6.73. The molecule has 0 saturated carbocycles. The highest BCUT2D eigenvalue weighted by molar-refractivity contribution is 7.89. The number of rotatable bonds is 7. The Hall–Kier alpha value is -3.57. The van der Waals surface area contributed by atoms with Crippen molar-refractivity contribution >= 4 is 16.0 Å². The van der Waals surface area contributed by atoms with Crippen molar-refractivity contribution in [3.8, 4) is 17.2 Å². The maximum Gasteiger partial charge on any atom is 0.422 e. The van der Waals surface area contributed by atoms with Gasteiger partial charge in [-0.3, -0.25) is 4.79 Å². The fourth-order valence-electron chi connectivity index (χ4n) is 3.78. The van der Waals surface area contributed by atoms with Crippen LogP contribution in [0.5, 0.6) is 17.2 Å². The first-order valence-electron chi connectivity index (χ1n) is 10.4. The molecule has 0 spiro atoms. The molecule has 35 heavy (non-hydrogen) atoms. The molecule has 4 rings (SSSR count). The highest BCUT2D eigenvalue weighted by Crippen LogP contribution is 2.35. The van der Waals surface area contributed by atoms with E-state index >= 15 is 0 Å². The van der Waals surface area contributed by atoms with Crippen molar-refractivity contribution in [2.24, 2.45) is 0 Å². The van der Waals surface area contributed by atoms with Gasteiger partial charge in [0.05, 0.1) is 4.90 Å². The van der Waals surface area contributed by atoms with E-state index in [1.807, 2.05) is 0 Å². The van der Waals surface area contributed by atoms with Crippen molar-refractivity contribution in [3.05, 3.63) is 83.9 Å². The lowest BCUT2D eigenvalue weighted by Gasteiger charge is -2.33. The van der Waals surface area contributed by atoms with Gasteiger partial charge in [0, 0.05) is 6.54 Å². The lowest BCUT2D eigenvalue weighted by atomic mass is 9.94. The number of ether oxygens (including phenoxy) is 2. The van der Waals surface area contributed by atoms with E-state index < -0.39 is 34.8 Å². The molecule has 0 fully saturated rings. The van der Waals surface area contributed by atoms with Gasteiger partial charge in [0.25, 0.3) is 0 Å². The summed E-state index contributed by atoms with van der Waals surface area (Å²) in [7, 11) is -4.12. The summed E-state index contributed by atoms with van der Waals surface area (Å²) >= 11 is 0. The molecule has 3 aromatic carbocycles. The molecule has 0 amide bonds. The van der Waals surface area contributed by atoms with Crippen LogP contribution in [0.3, 0.4) is 0 Å². The molecule has 0 saturated heterocycles. The molecular weight excluding hydrogens is 487 g/mol. The summed E-state index contributed by atoms with van der Waals surface area (Å²) in [5.74, 6) is -0.652. The molecule has 1 atom stereocenters. The quantitative estimate of drug-likeness (QED) is 0.494. The average molecular weight is 507 g/mol. The van der Waals surface area contributed by atoms with Gasteiger partial charge in [0.15, 0.2) is 6.61 Å². The summed E-state index contributed by atoms with van der Waals surface area (Å²) in [5, 5.41) is 9.78. The van der Waals surface area contributed by atoms with Crippen LogP contribution in [0.25, 0.3) is 0 Å². The van der Waals surface area contributed by atoms with Crippen LogP contribution in [0.2, 0.25) is 0 Å². The number of alkyl halides is 3. The molecule has 0 radical (unpaired) electrons. The monoisotopic (exact) mass is 507 g/mol. The third kappa shape index (κ3) is 5.57. The zero-order valence-corrected chi connectivity index (χ0v) is 18.9. The van der Waals surface area contributed by atoms with Crippen molar-refractivity contribution in [1.82, 2.24) is 4.31 Å². The van der Waals surface area contributed by atoms with E-state index in [2.05, 4.69) is 4.74 Å². The molecule has 1 aliphatic heterocycles. The Morgan fingerprint density at radius 2 is 1.51 bits per heavy atom. The van der Waals surface area contributed by atoms with Crippen molar-refractivity contribution in [1.29, 1.82) is 0 Å². The van der Waals surface area contributed by atoms with Crippen LogP contribution in [0.4, 0.5) is 13.2 Å². The molecule has 0 unspecified atom stereocenters. The first kappa shape index (κ1) is 24.6. The van der Waals surface area contributed by atoms with Crippen molar-refractivity contribution < 1.29 is 41.0 Å². The van der Waals surface area contributed by atoms with Crippen LogP contribution >= 0.6 is 0 Å². The molecular formula is C24H20F3NO6S. The zero-order chi connectivity index (χ0) is 25.2. The molecule has 0 aromatic heterocycles. The van der Waals surface area contributed by atoms with Gasteiger partial charge < -0.3 is 14.6 Å². The molecule has 184 valence electrons. The maximum atomic E-state index is 13.3. The molecule has 0 bridgehead atoms. The summed E-state index contributed by atoms with van der Waals surface area (Å²) < 4.78 is 74.5. The average Bonchev–Trinajstić information content (AvgIpc) is 2.82. The second kappa shape index (κ2) is 9.59. The second-order valence-electron chi connectivity index (χ2n) is 7.75. The summed E-state index contributed by atoms with van der Waals surface area (Å²) in [5.41, 5.74) is 1.24. The van der Waals surface area contributed by atoms with Gasteiger partial charge in [-0.15, -0.1) is 0 Å². The van der Waals surface area contributed by atoms with Crippen molar-refractivity contribution in [2.45, 2.75) is 23.5 Å². The number of fused-ring (bicyclic) bond motifs is 1. The Morgan fingerprint density at radius 3 is 2.11 bits per heavy atom. The fourth-order valence-corrected chi connectivity index (χ4v) is 5.34. The van der Waals surface area contributed by atoms with E-state index in [0.717, 1.165) is 9.87 Å². The van der Waals surface area contributed by atoms with Gasteiger partial charge in [-0.1, -0.05) is 24.3 Å². The third-order valence-corrected chi connectivity index (χ3v) is 7.24. The smallest absolute Gasteiger partial charge is 0.422 e. The fraction of sp³-hybridized carbons (Fsp3) is 0.208. The topological polar surface area (TPSA) is 93.1 Å². The number of sulfonamides is 1. The second-order valence-corrected chi connectivity index (χ2v) is 9.64. The summed E-state index contributed by atoms with van der Waals surface area (Å²) in [6.45, 7) is -1.38. The van der Waals surface area contributed by atoms with Crippen LogP contribution in [0.1, 0.15) is 17.2 Å². The van der Waals surface area contributed by atoms with E-state index in [4.69, 9.17) is 4.74 Å². The molecule has 7 nitrogen and oxygen atoms in total. The van der Waals surface area contributed by atoms with Crippen LogP contribution in [0, 0.1) is 0 Å². The number of aliphatic carboxylic acids is 1. The van der Waals surface area contributed by atoms with Gasteiger partial charge in [-0.05, 0) is 66.1 Å². The van der Waals surface area contributed by atoms with Gasteiger partial charge in [-0.25, -0.2) is 8.42 Å². The van der Waals surface area contributed by atoms with Crippen LogP contribution in [-0.2, 0) is 21.2 Å². The SMILES string of the molecule is O=C(O)[C@H]1c2ccccc2CCN1S(=O)(=O)c1ccc(Oc2ccc(OCC(F)(F)F)cc2)cc1. The highest BCUT2D eigenvalue weighted by atomic mass is 32.2. The molecule has 3 aromatic rings. The molecule has 1 heterocycles. The van der Waals surface area contributed by atoms with E-state index in [1.54, 1.807) is 24.3 Å². The lowest BCUT2D eigenvalue weighted by Crippen LogP contribution is -2.43. The van der Waals surface area contributed by atoms with Crippen LogP contribution in [-0.4, -0.2) is 43.1 Å². The van der Waals surface area contributed by atoms with E-state index in [0.29, 0.717) is 17.7 Å². The van der Waals surface area contributed by atoms with E-state index in [9.17, 15) is 31.5 Å².